The van der Waals surface area contributed by atoms with Gasteiger partial charge in [-0.3, -0.25) is 14.3 Å². The number of ketones is 1. The van der Waals surface area contributed by atoms with Gasteiger partial charge < -0.3 is 9.30 Å². The largest absolute Gasteiger partial charge is 0.458 e. The first-order valence-electron chi connectivity index (χ1n) is 14.6. The van der Waals surface area contributed by atoms with Crippen LogP contribution in [-0.4, -0.2) is 35.3 Å². The van der Waals surface area contributed by atoms with Crippen LogP contribution in [0.1, 0.15) is 55.2 Å². The Labute approximate surface area is 253 Å². The van der Waals surface area contributed by atoms with Crippen molar-refractivity contribution >= 4 is 27.5 Å². The first kappa shape index (κ1) is 30.2. The lowest BCUT2D eigenvalue weighted by molar-refractivity contribution is -0.180. The van der Waals surface area contributed by atoms with E-state index in [4.69, 9.17) is 4.74 Å². The Hall–Kier alpha value is -4.24. The molecule has 2 heterocycles. The highest BCUT2D eigenvalue weighted by Gasteiger charge is 2.49. The second-order valence-electron chi connectivity index (χ2n) is 11.3. The van der Waals surface area contributed by atoms with Crippen LogP contribution in [-0.2, 0) is 44.2 Å². The van der Waals surface area contributed by atoms with Crippen LogP contribution >= 0.6 is 0 Å². The quantitative estimate of drug-likeness (QED) is 0.162. The molecule has 1 aliphatic heterocycles. The Morgan fingerprint density at radius 1 is 0.953 bits per heavy atom. The standard InChI is InChI=1S/C34H37N3O5S/c1-3-29(27-15-10-16-28(21-27)36-43(40,41)31-23-37(2)24-35-31)32-30(38)22-34(42-33(32)39,19-17-25-11-6-4-7-12-25)20-18-26-13-8-5-9-14-26/h4-16,21,23-24,29,32,36H,3,17-20,22H2,1-2H3. The molecule has 0 aliphatic carbocycles. The van der Waals surface area contributed by atoms with E-state index < -0.39 is 33.4 Å². The zero-order chi connectivity index (χ0) is 30.5. The Bertz CT molecular complexity index is 1600. The molecule has 2 atom stereocenters. The number of esters is 1. The maximum Gasteiger partial charge on any atom is 0.317 e. The van der Waals surface area contributed by atoms with Crippen molar-refractivity contribution in [3.05, 3.63) is 114 Å². The van der Waals surface area contributed by atoms with Gasteiger partial charge in [-0.1, -0.05) is 79.7 Å². The van der Waals surface area contributed by atoms with Crippen molar-refractivity contribution in [2.75, 3.05) is 4.72 Å². The number of carbonyl (C=O) groups is 2. The first-order chi connectivity index (χ1) is 20.7. The van der Waals surface area contributed by atoms with Crippen molar-refractivity contribution in [3.63, 3.8) is 0 Å². The summed E-state index contributed by atoms with van der Waals surface area (Å²) in [5, 5.41) is -0.0965. The lowest BCUT2D eigenvalue weighted by Crippen LogP contribution is -2.49. The fourth-order valence-electron chi connectivity index (χ4n) is 5.93. The highest BCUT2D eigenvalue weighted by molar-refractivity contribution is 7.92. The summed E-state index contributed by atoms with van der Waals surface area (Å²) in [6, 6.07) is 26.9. The molecule has 224 valence electrons. The molecule has 1 aliphatic rings. The molecule has 4 aromatic rings. The van der Waals surface area contributed by atoms with Crippen LogP contribution < -0.4 is 4.72 Å². The van der Waals surface area contributed by atoms with Gasteiger partial charge in [-0.15, -0.1) is 0 Å². The lowest BCUT2D eigenvalue weighted by Gasteiger charge is -2.41. The average molecular weight is 600 g/mol. The Balaban J connectivity index is 1.36. The van der Waals surface area contributed by atoms with Crippen molar-refractivity contribution in [1.29, 1.82) is 0 Å². The van der Waals surface area contributed by atoms with Gasteiger partial charge >= 0.3 is 5.97 Å². The van der Waals surface area contributed by atoms with Crippen molar-refractivity contribution in [1.82, 2.24) is 9.55 Å². The molecule has 0 spiro atoms. The van der Waals surface area contributed by atoms with E-state index in [1.54, 1.807) is 29.8 Å². The van der Waals surface area contributed by atoms with Crippen molar-refractivity contribution in [2.24, 2.45) is 13.0 Å². The number of benzene rings is 3. The van der Waals surface area contributed by atoms with Crippen LogP contribution in [0.15, 0.2) is 102 Å². The highest BCUT2D eigenvalue weighted by atomic mass is 32.2. The maximum atomic E-state index is 13.9. The summed E-state index contributed by atoms with van der Waals surface area (Å²) in [6.45, 7) is 1.92. The van der Waals surface area contributed by atoms with Gasteiger partial charge in [-0.2, -0.15) is 8.42 Å². The van der Waals surface area contributed by atoms with Gasteiger partial charge in [0.25, 0.3) is 10.0 Å². The Kier molecular flexibility index (Phi) is 9.11. The minimum Gasteiger partial charge on any atom is -0.458 e. The molecule has 2 unspecified atom stereocenters. The number of sulfonamides is 1. The normalized spacial score (nSPS) is 17.3. The van der Waals surface area contributed by atoms with Gasteiger partial charge in [0.1, 0.15) is 11.5 Å². The third-order valence-corrected chi connectivity index (χ3v) is 9.47. The molecule has 0 amide bonds. The van der Waals surface area contributed by atoms with Crippen molar-refractivity contribution in [2.45, 2.75) is 62.0 Å². The van der Waals surface area contributed by atoms with E-state index in [-0.39, 0.29) is 17.2 Å². The van der Waals surface area contributed by atoms with E-state index >= 15 is 0 Å². The number of ether oxygens (including phenoxy) is 1. The SMILES string of the molecule is CCC(c1cccc(NS(=O)(=O)c2cn(C)cn2)c1)C1C(=O)CC(CCc2ccccc2)(CCc2ccccc2)OC1=O. The molecule has 0 saturated carbocycles. The van der Waals surface area contributed by atoms with Crippen LogP contribution in [0.4, 0.5) is 5.69 Å². The third-order valence-electron chi connectivity index (χ3n) is 8.20. The summed E-state index contributed by atoms with van der Waals surface area (Å²) >= 11 is 0. The fourth-order valence-corrected chi connectivity index (χ4v) is 6.96. The van der Waals surface area contributed by atoms with Gasteiger partial charge in [-0.05, 0) is 60.9 Å². The van der Waals surface area contributed by atoms with Crippen LogP contribution in [0.25, 0.3) is 0 Å². The second kappa shape index (κ2) is 13.0. The number of Topliss-reactive ketones (excluding diaryl/α,β-unsaturated/α-hetero) is 1. The average Bonchev–Trinajstić information content (AvgIpc) is 3.45. The number of aromatic nitrogens is 2. The van der Waals surface area contributed by atoms with Gasteiger partial charge in [0.2, 0.25) is 0 Å². The predicted molar refractivity (Wildman–Crippen MR) is 165 cm³/mol. The number of hydrogen-bond acceptors (Lipinski definition) is 6. The van der Waals surface area contributed by atoms with Crippen LogP contribution in [0.2, 0.25) is 0 Å². The van der Waals surface area contributed by atoms with Gasteiger partial charge in [0.15, 0.2) is 10.8 Å². The van der Waals surface area contributed by atoms with E-state index in [1.807, 2.05) is 73.7 Å². The first-order valence-corrected chi connectivity index (χ1v) is 16.1. The fraction of sp³-hybridized carbons (Fsp3) is 0.324. The predicted octanol–water partition coefficient (Wildman–Crippen LogP) is 5.85. The molecule has 3 aromatic carbocycles. The number of anilines is 1. The number of nitrogens with zero attached hydrogens (tertiary/aromatic N) is 2. The summed E-state index contributed by atoms with van der Waals surface area (Å²) in [6.07, 6.45) is 5.96. The molecule has 8 nitrogen and oxygen atoms in total. The third kappa shape index (κ3) is 7.22. The van der Waals surface area contributed by atoms with Crippen LogP contribution in [0, 0.1) is 5.92 Å². The zero-order valence-electron chi connectivity index (χ0n) is 24.5. The molecule has 9 heteroatoms. The number of nitrogens with one attached hydrogen (secondary N) is 1. The van der Waals surface area contributed by atoms with Crippen LogP contribution in [0.3, 0.4) is 0 Å². The van der Waals surface area contributed by atoms with E-state index in [2.05, 4.69) is 9.71 Å². The number of cyclic esters (lactones) is 1. The van der Waals surface area contributed by atoms with E-state index in [0.717, 1.165) is 11.1 Å². The molecular weight excluding hydrogens is 562 g/mol. The molecule has 1 fully saturated rings. The minimum atomic E-state index is -3.90. The molecule has 1 saturated heterocycles. The zero-order valence-corrected chi connectivity index (χ0v) is 25.3. The Morgan fingerprint density at radius 3 is 2.12 bits per heavy atom. The molecule has 5 rings (SSSR count). The summed E-state index contributed by atoms with van der Waals surface area (Å²) < 4.78 is 36.1. The Morgan fingerprint density at radius 2 is 1.58 bits per heavy atom. The summed E-state index contributed by atoms with van der Waals surface area (Å²) in [4.78, 5) is 31.6. The van der Waals surface area contributed by atoms with Crippen molar-refractivity contribution in [3.8, 4) is 0 Å². The number of carbonyl (C=O) groups excluding carboxylic acids is 2. The number of imidazole rings is 1. The van der Waals surface area contributed by atoms with Crippen LogP contribution in [0.5, 0.6) is 0 Å². The topological polar surface area (TPSA) is 107 Å². The van der Waals surface area contributed by atoms with Crippen molar-refractivity contribution < 1.29 is 22.7 Å². The van der Waals surface area contributed by atoms with Gasteiger partial charge in [0, 0.05) is 31.3 Å². The second-order valence-corrected chi connectivity index (χ2v) is 12.9. The number of hydrogen-bond donors (Lipinski definition) is 1. The van der Waals surface area contributed by atoms with E-state index in [9.17, 15) is 18.0 Å². The van der Waals surface area contributed by atoms with Gasteiger partial charge in [-0.25, -0.2) is 4.98 Å². The number of rotatable bonds is 12. The molecule has 0 radical (unpaired) electrons. The molecule has 1 N–H and O–H groups in total. The lowest BCUT2D eigenvalue weighted by atomic mass is 9.74. The molecular formula is C34H37N3O5S. The van der Waals surface area contributed by atoms with Gasteiger partial charge in [0.05, 0.1) is 6.33 Å². The summed E-state index contributed by atoms with van der Waals surface area (Å²) in [5.41, 5.74) is 2.39. The smallest absolute Gasteiger partial charge is 0.317 e. The highest BCUT2D eigenvalue weighted by Crippen LogP contribution is 2.41. The van der Waals surface area contributed by atoms with E-state index in [1.165, 1.54) is 12.5 Å². The number of aryl methyl sites for hydroxylation is 3. The minimum absolute atomic E-state index is 0.0965. The molecule has 43 heavy (non-hydrogen) atoms. The monoisotopic (exact) mass is 599 g/mol. The summed E-state index contributed by atoms with van der Waals surface area (Å²) in [7, 11) is -2.21. The molecule has 1 aromatic heterocycles. The summed E-state index contributed by atoms with van der Waals surface area (Å²) in [5.74, 6) is -2.07. The van der Waals surface area contributed by atoms with E-state index in [0.29, 0.717) is 43.4 Å². The maximum absolute atomic E-state index is 13.9. The molecule has 0 bridgehead atoms.